The van der Waals surface area contributed by atoms with Crippen molar-refractivity contribution in [3.63, 3.8) is 0 Å². The predicted molar refractivity (Wildman–Crippen MR) is 94.8 cm³/mol. The van der Waals surface area contributed by atoms with E-state index in [0.717, 1.165) is 31.1 Å². The number of rotatable bonds is 4. The van der Waals surface area contributed by atoms with Crippen molar-refractivity contribution >= 4 is 23.2 Å². The second kappa shape index (κ2) is 7.33. The highest BCUT2D eigenvalue weighted by molar-refractivity contribution is 6.33. The van der Waals surface area contributed by atoms with Crippen molar-refractivity contribution in [1.29, 1.82) is 0 Å². The number of aryl methyl sites for hydroxylation is 1. The van der Waals surface area contributed by atoms with Gasteiger partial charge in [0, 0.05) is 44.9 Å². The highest BCUT2D eigenvalue weighted by Gasteiger charge is 2.25. The minimum absolute atomic E-state index is 0.101. The topological polar surface area (TPSA) is 84.8 Å². The van der Waals surface area contributed by atoms with Crippen LogP contribution in [0.15, 0.2) is 22.7 Å². The second-order valence-electron chi connectivity index (χ2n) is 6.07. The van der Waals surface area contributed by atoms with Gasteiger partial charge in [0.1, 0.15) is 11.5 Å². The first-order valence-electron chi connectivity index (χ1n) is 8.04. The molecule has 0 radical (unpaired) electrons. The summed E-state index contributed by atoms with van der Waals surface area (Å²) in [5.74, 6) is 1.14. The molecule has 0 aliphatic carbocycles. The molecule has 0 unspecified atom stereocenters. The number of carbonyl (C=O) groups is 1. The van der Waals surface area contributed by atoms with E-state index >= 15 is 0 Å². The molecule has 1 aromatic carbocycles. The summed E-state index contributed by atoms with van der Waals surface area (Å²) < 4.78 is 10.4. The number of piperazine rings is 1. The molecule has 0 bridgehead atoms. The van der Waals surface area contributed by atoms with Crippen LogP contribution in [-0.2, 0) is 6.54 Å². The van der Waals surface area contributed by atoms with E-state index in [1.54, 1.807) is 17.0 Å². The number of anilines is 1. The minimum Gasteiger partial charge on any atom is -0.496 e. The Bertz CT molecular complexity index is 769. The fraction of sp³-hybridized carbons (Fsp3) is 0.412. The Morgan fingerprint density at radius 3 is 2.64 bits per heavy atom. The summed E-state index contributed by atoms with van der Waals surface area (Å²) in [5, 5.41) is 4.36. The van der Waals surface area contributed by atoms with Crippen molar-refractivity contribution < 1.29 is 14.1 Å². The van der Waals surface area contributed by atoms with Gasteiger partial charge in [-0.05, 0) is 13.0 Å². The Morgan fingerprint density at radius 1 is 1.32 bits per heavy atom. The number of aromatic nitrogens is 1. The molecule has 8 heteroatoms. The van der Waals surface area contributed by atoms with Crippen molar-refractivity contribution in [3.8, 4) is 5.75 Å². The van der Waals surface area contributed by atoms with Crippen LogP contribution in [0, 0.1) is 6.92 Å². The standard InChI is InChI=1S/C17H21ClN4O3/c1-11-7-12(20-25-11)10-21-3-5-22(6-4-21)17(23)13-8-14(18)15(19)9-16(13)24-2/h7-9H,3-6,10,19H2,1-2H3. The lowest BCUT2D eigenvalue weighted by atomic mass is 10.1. The highest BCUT2D eigenvalue weighted by Crippen LogP contribution is 2.30. The van der Waals surface area contributed by atoms with Crippen LogP contribution < -0.4 is 10.5 Å². The van der Waals surface area contributed by atoms with Gasteiger partial charge in [-0.25, -0.2) is 0 Å². The lowest BCUT2D eigenvalue weighted by Crippen LogP contribution is -2.48. The van der Waals surface area contributed by atoms with E-state index in [1.165, 1.54) is 7.11 Å². The number of hydrogen-bond donors (Lipinski definition) is 1. The molecule has 1 amide bonds. The monoisotopic (exact) mass is 364 g/mol. The van der Waals surface area contributed by atoms with E-state index < -0.39 is 0 Å². The van der Waals surface area contributed by atoms with Crippen LogP contribution in [0.2, 0.25) is 5.02 Å². The van der Waals surface area contributed by atoms with E-state index in [-0.39, 0.29) is 5.91 Å². The van der Waals surface area contributed by atoms with E-state index in [4.69, 9.17) is 26.6 Å². The van der Waals surface area contributed by atoms with Crippen LogP contribution in [0.3, 0.4) is 0 Å². The lowest BCUT2D eigenvalue weighted by molar-refractivity contribution is 0.0622. The quantitative estimate of drug-likeness (QED) is 0.837. The molecule has 0 atom stereocenters. The first-order chi connectivity index (χ1) is 12.0. The summed E-state index contributed by atoms with van der Waals surface area (Å²) in [7, 11) is 1.51. The van der Waals surface area contributed by atoms with Gasteiger partial charge in [0.15, 0.2) is 0 Å². The molecule has 1 aromatic heterocycles. The maximum Gasteiger partial charge on any atom is 0.257 e. The number of nitrogens with zero attached hydrogens (tertiary/aromatic N) is 3. The van der Waals surface area contributed by atoms with Crippen molar-refractivity contribution in [1.82, 2.24) is 15.0 Å². The van der Waals surface area contributed by atoms with Gasteiger partial charge in [-0.1, -0.05) is 16.8 Å². The third-order valence-corrected chi connectivity index (χ3v) is 4.60. The summed E-state index contributed by atoms with van der Waals surface area (Å²) in [6, 6.07) is 5.08. The predicted octanol–water partition coefficient (Wildman–Crippen LogP) is 2.19. The van der Waals surface area contributed by atoms with Gasteiger partial charge in [0.2, 0.25) is 0 Å². The van der Waals surface area contributed by atoms with Gasteiger partial charge in [0.05, 0.1) is 29.1 Å². The molecular formula is C17H21ClN4O3. The van der Waals surface area contributed by atoms with Crippen molar-refractivity contribution in [2.24, 2.45) is 0 Å². The van der Waals surface area contributed by atoms with E-state index in [0.29, 0.717) is 35.1 Å². The zero-order valence-corrected chi connectivity index (χ0v) is 15.0. The third kappa shape index (κ3) is 3.88. The van der Waals surface area contributed by atoms with E-state index in [2.05, 4.69) is 10.1 Å². The van der Waals surface area contributed by atoms with Gasteiger partial charge in [-0.15, -0.1) is 0 Å². The number of amides is 1. The number of carbonyl (C=O) groups excluding carboxylic acids is 1. The average molecular weight is 365 g/mol. The number of methoxy groups -OCH3 is 1. The molecule has 7 nitrogen and oxygen atoms in total. The Labute approximate surface area is 151 Å². The Morgan fingerprint density at radius 2 is 2.04 bits per heavy atom. The zero-order valence-electron chi connectivity index (χ0n) is 14.3. The largest absolute Gasteiger partial charge is 0.496 e. The lowest BCUT2D eigenvalue weighted by Gasteiger charge is -2.34. The van der Waals surface area contributed by atoms with Crippen LogP contribution in [0.1, 0.15) is 21.8 Å². The van der Waals surface area contributed by atoms with Crippen molar-refractivity contribution in [2.45, 2.75) is 13.5 Å². The molecule has 134 valence electrons. The van der Waals surface area contributed by atoms with Crippen LogP contribution >= 0.6 is 11.6 Å². The molecule has 0 spiro atoms. The van der Waals surface area contributed by atoms with Crippen LogP contribution in [-0.4, -0.2) is 54.2 Å². The maximum absolute atomic E-state index is 12.8. The van der Waals surface area contributed by atoms with E-state index in [1.807, 2.05) is 13.0 Å². The number of nitrogen functional groups attached to an aromatic ring is 1. The smallest absolute Gasteiger partial charge is 0.257 e. The average Bonchev–Trinajstić information content (AvgIpc) is 3.02. The third-order valence-electron chi connectivity index (χ3n) is 4.27. The summed E-state index contributed by atoms with van der Waals surface area (Å²) in [6.45, 7) is 5.38. The van der Waals surface area contributed by atoms with Gasteiger partial charge >= 0.3 is 0 Å². The molecule has 1 saturated heterocycles. The number of hydrogen-bond acceptors (Lipinski definition) is 6. The Balaban J connectivity index is 1.64. The molecule has 1 fully saturated rings. The Hall–Kier alpha value is -2.25. The number of ether oxygens (including phenoxy) is 1. The molecule has 2 aromatic rings. The van der Waals surface area contributed by atoms with Gasteiger partial charge in [-0.2, -0.15) is 0 Å². The summed E-state index contributed by atoms with van der Waals surface area (Å²) >= 11 is 6.07. The molecule has 3 rings (SSSR count). The van der Waals surface area contributed by atoms with Crippen molar-refractivity contribution in [3.05, 3.63) is 40.2 Å². The summed E-state index contributed by atoms with van der Waals surface area (Å²) in [4.78, 5) is 16.9. The van der Waals surface area contributed by atoms with Gasteiger partial charge in [-0.3, -0.25) is 9.69 Å². The molecule has 1 aliphatic heterocycles. The second-order valence-corrected chi connectivity index (χ2v) is 6.48. The zero-order chi connectivity index (χ0) is 18.0. The molecule has 2 N–H and O–H groups in total. The summed E-state index contributed by atoms with van der Waals surface area (Å²) in [5.41, 5.74) is 7.51. The number of benzene rings is 1. The molecule has 2 heterocycles. The molecular weight excluding hydrogens is 344 g/mol. The van der Waals surface area contributed by atoms with E-state index in [9.17, 15) is 4.79 Å². The van der Waals surface area contributed by atoms with Gasteiger partial charge < -0.3 is 19.9 Å². The first-order valence-corrected chi connectivity index (χ1v) is 8.42. The first kappa shape index (κ1) is 17.6. The highest BCUT2D eigenvalue weighted by atomic mass is 35.5. The van der Waals surface area contributed by atoms with Crippen LogP contribution in [0.4, 0.5) is 5.69 Å². The Kier molecular flexibility index (Phi) is 5.15. The minimum atomic E-state index is -0.101. The number of halogens is 1. The van der Waals surface area contributed by atoms with Crippen LogP contribution in [0.5, 0.6) is 5.75 Å². The normalized spacial score (nSPS) is 15.4. The molecule has 25 heavy (non-hydrogen) atoms. The molecule has 0 saturated carbocycles. The molecule has 1 aliphatic rings. The van der Waals surface area contributed by atoms with Crippen molar-refractivity contribution in [2.75, 3.05) is 39.0 Å². The van der Waals surface area contributed by atoms with Crippen LogP contribution in [0.25, 0.3) is 0 Å². The maximum atomic E-state index is 12.8. The fourth-order valence-electron chi connectivity index (χ4n) is 2.91. The number of nitrogens with two attached hydrogens (primary N) is 1. The fourth-order valence-corrected chi connectivity index (χ4v) is 3.07. The summed E-state index contributed by atoms with van der Waals surface area (Å²) in [6.07, 6.45) is 0. The van der Waals surface area contributed by atoms with Gasteiger partial charge in [0.25, 0.3) is 5.91 Å². The SMILES string of the molecule is COc1cc(N)c(Cl)cc1C(=O)N1CCN(Cc2cc(C)on2)CC1.